The van der Waals surface area contributed by atoms with Gasteiger partial charge in [0.2, 0.25) is 0 Å². The SMILES string of the molecule is CN(C(=O)NCCN1CCCC1)c1ccccc1C(=O)O. The zero-order valence-electron chi connectivity index (χ0n) is 12.2. The van der Waals surface area contributed by atoms with Crippen LogP contribution in [-0.2, 0) is 0 Å². The molecule has 1 saturated heterocycles. The third-order valence-electron chi connectivity index (χ3n) is 3.70. The number of carbonyl (C=O) groups is 2. The zero-order chi connectivity index (χ0) is 15.2. The summed E-state index contributed by atoms with van der Waals surface area (Å²) in [6.07, 6.45) is 2.44. The molecular weight excluding hydrogens is 270 g/mol. The Hall–Kier alpha value is -2.08. The second kappa shape index (κ2) is 7.08. The number of anilines is 1. The van der Waals surface area contributed by atoms with Crippen LogP contribution in [0.4, 0.5) is 10.5 Å². The number of carbonyl (C=O) groups excluding carboxylic acids is 1. The van der Waals surface area contributed by atoms with Crippen LogP contribution >= 0.6 is 0 Å². The van der Waals surface area contributed by atoms with Gasteiger partial charge < -0.3 is 15.3 Å². The number of hydrogen-bond acceptors (Lipinski definition) is 3. The van der Waals surface area contributed by atoms with Crippen molar-refractivity contribution in [1.29, 1.82) is 0 Å². The minimum absolute atomic E-state index is 0.120. The first-order chi connectivity index (χ1) is 10.1. The van der Waals surface area contributed by atoms with E-state index in [4.69, 9.17) is 5.11 Å². The van der Waals surface area contributed by atoms with E-state index in [2.05, 4.69) is 10.2 Å². The zero-order valence-corrected chi connectivity index (χ0v) is 12.2. The number of para-hydroxylation sites is 1. The number of hydrogen-bond donors (Lipinski definition) is 2. The van der Waals surface area contributed by atoms with Crippen LogP contribution in [0.3, 0.4) is 0 Å². The number of benzene rings is 1. The molecule has 0 radical (unpaired) electrons. The summed E-state index contributed by atoms with van der Waals surface area (Å²) in [5.74, 6) is -1.04. The molecule has 2 amide bonds. The predicted octanol–water partition coefficient (Wildman–Crippen LogP) is 1.63. The molecule has 1 aliphatic rings. The summed E-state index contributed by atoms with van der Waals surface area (Å²) < 4.78 is 0. The van der Waals surface area contributed by atoms with Crippen LogP contribution in [-0.4, -0.2) is 55.2 Å². The first-order valence-corrected chi connectivity index (χ1v) is 7.16. The lowest BCUT2D eigenvalue weighted by molar-refractivity contribution is 0.0697. The van der Waals surface area contributed by atoms with Crippen LogP contribution in [0.5, 0.6) is 0 Å². The van der Waals surface area contributed by atoms with Crippen LogP contribution in [0.25, 0.3) is 0 Å². The van der Waals surface area contributed by atoms with Crippen molar-refractivity contribution < 1.29 is 14.7 Å². The molecule has 0 bridgehead atoms. The number of nitrogens with zero attached hydrogens (tertiary/aromatic N) is 2. The van der Waals surface area contributed by atoms with E-state index in [-0.39, 0.29) is 11.6 Å². The Labute approximate surface area is 124 Å². The summed E-state index contributed by atoms with van der Waals surface area (Å²) in [6, 6.07) is 6.19. The van der Waals surface area contributed by atoms with Gasteiger partial charge in [-0.3, -0.25) is 4.90 Å². The van der Waals surface area contributed by atoms with Gasteiger partial charge in [-0.1, -0.05) is 12.1 Å². The maximum Gasteiger partial charge on any atom is 0.337 e. The molecule has 0 atom stereocenters. The highest BCUT2D eigenvalue weighted by Crippen LogP contribution is 2.19. The number of amides is 2. The first kappa shape index (κ1) is 15.3. The van der Waals surface area contributed by atoms with Crippen molar-refractivity contribution in [3.8, 4) is 0 Å². The van der Waals surface area contributed by atoms with E-state index in [1.807, 2.05) is 0 Å². The number of likely N-dealkylation sites (tertiary alicyclic amines) is 1. The number of nitrogens with one attached hydrogen (secondary N) is 1. The molecule has 0 aromatic heterocycles. The molecule has 1 heterocycles. The van der Waals surface area contributed by atoms with Crippen molar-refractivity contribution in [1.82, 2.24) is 10.2 Å². The molecule has 1 aliphatic heterocycles. The van der Waals surface area contributed by atoms with E-state index < -0.39 is 5.97 Å². The molecule has 1 aromatic rings. The van der Waals surface area contributed by atoms with E-state index in [1.54, 1.807) is 25.2 Å². The highest BCUT2D eigenvalue weighted by atomic mass is 16.4. The van der Waals surface area contributed by atoms with Crippen molar-refractivity contribution in [2.24, 2.45) is 0 Å². The number of carboxylic acid groups (broad SMARTS) is 1. The monoisotopic (exact) mass is 291 g/mol. The van der Waals surface area contributed by atoms with Gasteiger partial charge in [-0.15, -0.1) is 0 Å². The van der Waals surface area contributed by atoms with Crippen LogP contribution in [0.15, 0.2) is 24.3 Å². The van der Waals surface area contributed by atoms with Gasteiger partial charge in [0.25, 0.3) is 0 Å². The highest BCUT2D eigenvalue weighted by Gasteiger charge is 2.18. The molecule has 0 unspecified atom stereocenters. The van der Waals surface area contributed by atoms with E-state index >= 15 is 0 Å². The summed E-state index contributed by atoms with van der Waals surface area (Å²) in [6.45, 7) is 3.58. The molecule has 1 aromatic carbocycles. The number of rotatable bonds is 5. The Morgan fingerprint density at radius 3 is 2.62 bits per heavy atom. The van der Waals surface area contributed by atoms with Gasteiger partial charge in [0.15, 0.2) is 0 Å². The molecule has 6 heteroatoms. The Balaban J connectivity index is 1.91. The van der Waals surface area contributed by atoms with Gasteiger partial charge in [-0.2, -0.15) is 0 Å². The Bertz CT molecular complexity index is 513. The van der Waals surface area contributed by atoms with E-state index in [1.165, 1.54) is 23.8 Å². The largest absolute Gasteiger partial charge is 0.478 e. The number of urea groups is 1. The average Bonchev–Trinajstić information content (AvgIpc) is 2.99. The molecular formula is C15H21N3O3. The molecule has 1 fully saturated rings. The topological polar surface area (TPSA) is 72.9 Å². The Morgan fingerprint density at radius 2 is 1.95 bits per heavy atom. The van der Waals surface area contributed by atoms with Crippen molar-refractivity contribution in [2.45, 2.75) is 12.8 Å². The minimum atomic E-state index is -1.04. The van der Waals surface area contributed by atoms with Crippen LogP contribution in [0.2, 0.25) is 0 Å². The fourth-order valence-corrected chi connectivity index (χ4v) is 2.50. The van der Waals surface area contributed by atoms with Crippen LogP contribution < -0.4 is 10.2 Å². The number of carboxylic acids is 1. The fraction of sp³-hybridized carbons (Fsp3) is 0.467. The molecule has 2 rings (SSSR count). The lowest BCUT2D eigenvalue weighted by Crippen LogP contribution is -2.41. The molecule has 2 N–H and O–H groups in total. The van der Waals surface area contributed by atoms with Crippen molar-refractivity contribution in [3.05, 3.63) is 29.8 Å². The average molecular weight is 291 g/mol. The van der Waals surface area contributed by atoms with E-state index in [0.29, 0.717) is 12.2 Å². The summed E-state index contributed by atoms with van der Waals surface area (Å²) in [4.78, 5) is 26.9. The third kappa shape index (κ3) is 3.95. The minimum Gasteiger partial charge on any atom is -0.478 e. The Morgan fingerprint density at radius 1 is 1.29 bits per heavy atom. The summed E-state index contributed by atoms with van der Waals surface area (Å²) >= 11 is 0. The summed E-state index contributed by atoms with van der Waals surface area (Å²) in [5.41, 5.74) is 0.512. The Kier molecular flexibility index (Phi) is 5.16. The molecule has 0 saturated carbocycles. The van der Waals surface area contributed by atoms with Crippen molar-refractivity contribution >= 4 is 17.7 Å². The van der Waals surface area contributed by atoms with E-state index in [9.17, 15) is 9.59 Å². The van der Waals surface area contributed by atoms with Crippen LogP contribution in [0, 0.1) is 0 Å². The number of aromatic carboxylic acids is 1. The van der Waals surface area contributed by atoms with Crippen LogP contribution in [0.1, 0.15) is 23.2 Å². The van der Waals surface area contributed by atoms with Gasteiger partial charge in [0, 0.05) is 20.1 Å². The second-order valence-electron chi connectivity index (χ2n) is 5.16. The lowest BCUT2D eigenvalue weighted by Gasteiger charge is -2.21. The molecule has 0 spiro atoms. The normalized spacial score (nSPS) is 14.9. The maximum absolute atomic E-state index is 12.1. The molecule has 6 nitrogen and oxygen atoms in total. The lowest BCUT2D eigenvalue weighted by atomic mass is 10.1. The molecule has 0 aliphatic carbocycles. The van der Waals surface area contributed by atoms with Gasteiger partial charge >= 0.3 is 12.0 Å². The quantitative estimate of drug-likeness (QED) is 0.865. The van der Waals surface area contributed by atoms with Crippen molar-refractivity contribution in [3.63, 3.8) is 0 Å². The van der Waals surface area contributed by atoms with Crippen molar-refractivity contribution in [2.75, 3.05) is 38.1 Å². The molecule has 21 heavy (non-hydrogen) atoms. The maximum atomic E-state index is 12.1. The van der Waals surface area contributed by atoms with E-state index in [0.717, 1.165) is 19.6 Å². The fourth-order valence-electron chi connectivity index (χ4n) is 2.50. The summed E-state index contributed by atoms with van der Waals surface area (Å²) in [7, 11) is 1.58. The summed E-state index contributed by atoms with van der Waals surface area (Å²) in [5, 5.41) is 12.0. The second-order valence-corrected chi connectivity index (χ2v) is 5.16. The predicted molar refractivity (Wildman–Crippen MR) is 80.9 cm³/mol. The van der Waals surface area contributed by atoms with Gasteiger partial charge in [-0.05, 0) is 38.1 Å². The smallest absolute Gasteiger partial charge is 0.337 e. The molecule has 114 valence electrons. The standard InChI is InChI=1S/C15H21N3O3/c1-17(13-7-3-2-6-12(13)14(19)20)15(21)16-8-11-18-9-4-5-10-18/h2-3,6-7H,4-5,8-11H2,1H3,(H,16,21)(H,19,20). The highest BCUT2D eigenvalue weighted by molar-refractivity contribution is 6.01. The van der Waals surface area contributed by atoms with Gasteiger partial charge in [-0.25, -0.2) is 9.59 Å². The first-order valence-electron chi connectivity index (χ1n) is 7.16. The van der Waals surface area contributed by atoms with Gasteiger partial charge in [0.1, 0.15) is 0 Å². The van der Waals surface area contributed by atoms with Gasteiger partial charge in [0.05, 0.1) is 11.3 Å². The third-order valence-corrected chi connectivity index (χ3v) is 3.70.